The lowest BCUT2D eigenvalue weighted by atomic mass is 10.2. The van der Waals surface area contributed by atoms with Crippen molar-refractivity contribution in [2.45, 2.75) is 6.18 Å². The zero-order valence-corrected chi connectivity index (χ0v) is 15.0. The molecule has 2 rings (SSSR count). The van der Waals surface area contributed by atoms with Crippen molar-refractivity contribution in [3.8, 4) is 5.75 Å². The number of halogens is 3. The molecule has 27 heavy (non-hydrogen) atoms. The molecule has 150 valence electrons. The summed E-state index contributed by atoms with van der Waals surface area (Å²) in [5.74, 6) is -1.54. The zero-order valence-electron chi connectivity index (χ0n) is 15.0. The van der Waals surface area contributed by atoms with Gasteiger partial charge in [0.15, 0.2) is 0 Å². The van der Waals surface area contributed by atoms with Crippen LogP contribution in [-0.2, 0) is 9.59 Å². The number of amides is 2. The molecule has 0 saturated carbocycles. The lowest BCUT2D eigenvalue weighted by molar-refractivity contribution is -0.146. The molecule has 0 unspecified atom stereocenters. The number of nitrogens with one attached hydrogen (secondary N) is 2. The molecule has 0 aliphatic carbocycles. The van der Waals surface area contributed by atoms with Crippen LogP contribution >= 0.6 is 0 Å². The smallest absolute Gasteiger partial charge is 0.405 e. The van der Waals surface area contributed by atoms with Gasteiger partial charge in [-0.25, -0.2) is 0 Å². The van der Waals surface area contributed by atoms with Gasteiger partial charge in [-0.2, -0.15) is 13.2 Å². The molecule has 0 aromatic heterocycles. The summed E-state index contributed by atoms with van der Waals surface area (Å²) in [6.45, 7) is 2.38. The first kappa shape index (κ1) is 20.8. The molecule has 1 saturated heterocycles. The lowest BCUT2D eigenvalue weighted by Gasteiger charge is -2.36. The second kappa shape index (κ2) is 9.45. The number of nitrogens with zero attached hydrogens (tertiary/aromatic N) is 2. The Balaban J connectivity index is 1.65. The maximum Gasteiger partial charge on any atom is 0.405 e. The van der Waals surface area contributed by atoms with E-state index in [9.17, 15) is 22.8 Å². The van der Waals surface area contributed by atoms with Gasteiger partial charge in [0.2, 0.25) is 0 Å². The largest absolute Gasteiger partial charge is 0.497 e. The van der Waals surface area contributed by atoms with Crippen molar-refractivity contribution in [1.29, 1.82) is 0 Å². The van der Waals surface area contributed by atoms with Gasteiger partial charge in [0.05, 0.1) is 7.11 Å². The predicted octanol–water partition coefficient (Wildman–Crippen LogP) is 0.612. The molecule has 1 fully saturated rings. The third kappa shape index (κ3) is 6.97. The zero-order chi connectivity index (χ0) is 19.9. The molecule has 1 aromatic carbocycles. The van der Waals surface area contributed by atoms with Gasteiger partial charge in [-0.3, -0.25) is 14.5 Å². The SMILES string of the molecule is COc1ccc(N2CCN(CCNC(=O)C(=O)NCC(F)(F)F)CC2)cc1. The number of carbonyl (C=O) groups is 2. The van der Waals surface area contributed by atoms with Gasteiger partial charge in [0.25, 0.3) is 0 Å². The summed E-state index contributed by atoms with van der Waals surface area (Å²) in [5, 5.41) is 3.87. The number of methoxy groups -OCH3 is 1. The number of piperazine rings is 1. The van der Waals surface area contributed by atoms with Gasteiger partial charge >= 0.3 is 18.0 Å². The first-order valence-electron chi connectivity index (χ1n) is 8.52. The monoisotopic (exact) mass is 388 g/mol. The highest BCUT2D eigenvalue weighted by atomic mass is 19.4. The number of hydrogen-bond donors (Lipinski definition) is 2. The Hall–Kier alpha value is -2.49. The molecule has 1 heterocycles. The van der Waals surface area contributed by atoms with Crippen LogP contribution < -0.4 is 20.3 Å². The van der Waals surface area contributed by atoms with E-state index in [1.807, 2.05) is 24.3 Å². The molecule has 0 atom stereocenters. The summed E-state index contributed by atoms with van der Waals surface area (Å²) in [4.78, 5) is 27.1. The van der Waals surface area contributed by atoms with Crippen LogP contribution in [-0.4, -0.2) is 75.8 Å². The maximum absolute atomic E-state index is 12.0. The van der Waals surface area contributed by atoms with Crippen LogP contribution in [0.3, 0.4) is 0 Å². The van der Waals surface area contributed by atoms with E-state index >= 15 is 0 Å². The average Bonchev–Trinajstić information content (AvgIpc) is 2.66. The Kier molecular flexibility index (Phi) is 7.28. The van der Waals surface area contributed by atoms with Crippen molar-refractivity contribution in [2.24, 2.45) is 0 Å². The topological polar surface area (TPSA) is 73.9 Å². The van der Waals surface area contributed by atoms with Crippen molar-refractivity contribution in [3.05, 3.63) is 24.3 Å². The highest BCUT2D eigenvalue weighted by molar-refractivity contribution is 6.35. The van der Waals surface area contributed by atoms with Gasteiger partial charge in [-0.15, -0.1) is 0 Å². The molecule has 0 bridgehead atoms. The van der Waals surface area contributed by atoms with Gasteiger partial charge in [-0.1, -0.05) is 0 Å². The number of alkyl halides is 3. The molecule has 10 heteroatoms. The normalized spacial score (nSPS) is 15.3. The van der Waals surface area contributed by atoms with Crippen molar-refractivity contribution in [1.82, 2.24) is 15.5 Å². The number of carbonyl (C=O) groups excluding carboxylic acids is 2. The molecule has 1 aromatic rings. The Labute approximate surface area is 155 Å². The molecule has 1 aliphatic heterocycles. The number of rotatable bonds is 6. The lowest BCUT2D eigenvalue weighted by Crippen LogP contribution is -2.49. The van der Waals surface area contributed by atoms with Gasteiger partial charge in [0.1, 0.15) is 12.3 Å². The van der Waals surface area contributed by atoms with E-state index in [1.165, 1.54) is 5.32 Å². The molecule has 2 amide bonds. The van der Waals surface area contributed by atoms with E-state index in [2.05, 4.69) is 15.1 Å². The average molecular weight is 388 g/mol. The van der Waals surface area contributed by atoms with E-state index in [1.54, 1.807) is 7.11 Å². The molecular formula is C17H23F3N4O3. The van der Waals surface area contributed by atoms with Crippen molar-refractivity contribution >= 4 is 17.5 Å². The third-order valence-electron chi connectivity index (χ3n) is 4.18. The number of hydrogen-bond acceptors (Lipinski definition) is 5. The highest BCUT2D eigenvalue weighted by Gasteiger charge is 2.29. The van der Waals surface area contributed by atoms with E-state index in [0.717, 1.165) is 37.6 Å². The van der Waals surface area contributed by atoms with Crippen LogP contribution in [0.1, 0.15) is 0 Å². The third-order valence-corrected chi connectivity index (χ3v) is 4.18. The minimum absolute atomic E-state index is 0.195. The summed E-state index contributed by atoms with van der Waals surface area (Å²) >= 11 is 0. The Morgan fingerprint density at radius 2 is 1.63 bits per heavy atom. The van der Waals surface area contributed by atoms with Crippen LogP contribution in [0, 0.1) is 0 Å². The van der Waals surface area contributed by atoms with Gasteiger partial charge in [-0.05, 0) is 24.3 Å². The van der Waals surface area contributed by atoms with E-state index in [-0.39, 0.29) is 6.54 Å². The molecule has 1 aliphatic rings. The second-order valence-electron chi connectivity index (χ2n) is 6.08. The second-order valence-corrected chi connectivity index (χ2v) is 6.08. The van der Waals surface area contributed by atoms with E-state index in [0.29, 0.717) is 6.54 Å². The predicted molar refractivity (Wildman–Crippen MR) is 93.7 cm³/mol. The first-order chi connectivity index (χ1) is 12.8. The molecule has 0 spiro atoms. The summed E-state index contributed by atoms with van der Waals surface area (Å²) in [6.07, 6.45) is -4.54. The molecule has 2 N–H and O–H groups in total. The van der Waals surface area contributed by atoms with Crippen LogP contribution in [0.5, 0.6) is 5.75 Å². The van der Waals surface area contributed by atoms with Crippen LogP contribution in [0.25, 0.3) is 0 Å². The standard InChI is InChI=1S/C17H23F3N4O3/c1-27-14-4-2-13(3-5-14)24-10-8-23(9-11-24)7-6-21-15(25)16(26)22-12-17(18,19)20/h2-5H,6-12H2,1H3,(H,21,25)(H,22,26). The van der Waals surface area contributed by atoms with Crippen molar-refractivity contribution < 1.29 is 27.5 Å². The van der Waals surface area contributed by atoms with Crippen molar-refractivity contribution in [3.63, 3.8) is 0 Å². The summed E-state index contributed by atoms with van der Waals surface area (Å²) in [6, 6.07) is 7.80. The Morgan fingerprint density at radius 3 is 2.19 bits per heavy atom. The number of benzene rings is 1. The van der Waals surface area contributed by atoms with E-state index in [4.69, 9.17) is 4.74 Å². The first-order valence-corrected chi connectivity index (χ1v) is 8.52. The number of anilines is 1. The fraction of sp³-hybridized carbons (Fsp3) is 0.529. The maximum atomic E-state index is 12.0. The fourth-order valence-corrected chi connectivity index (χ4v) is 2.69. The summed E-state index contributed by atoms with van der Waals surface area (Å²) in [7, 11) is 1.62. The summed E-state index contributed by atoms with van der Waals surface area (Å²) in [5.41, 5.74) is 1.10. The molecular weight excluding hydrogens is 365 g/mol. The fourth-order valence-electron chi connectivity index (χ4n) is 2.69. The quantitative estimate of drug-likeness (QED) is 0.699. The Morgan fingerprint density at radius 1 is 1.04 bits per heavy atom. The highest BCUT2D eigenvalue weighted by Crippen LogP contribution is 2.20. The van der Waals surface area contributed by atoms with Gasteiger partial charge < -0.3 is 20.3 Å². The number of ether oxygens (including phenoxy) is 1. The van der Waals surface area contributed by atoms with Crippen LogP contribution in [0.15, 0.2) is 24.3 Å². The minimum atomic E-state index is -4.54. The minimum Gasteiger partial charge on any atom is -0.497 e. The van der Waals surface area contributed by atoms with E-state index < -0.39 is 24.5 Å². The summed E-state index contributed by atoms with van der Waals surface area (Å²) < 4.78 is 41.1. The molecule has 7 nitrogen and oxygen atoms in total. The molecule has 0 radical (unpaired) electrons. The Bertz CT molecular complexity index is 629. The van der Waals surface area contributed by atoms with Crippen LogP contribution in [0.4, 0.5) is 18.9 Å². The van der Waals surface area contributed by atoms with Crippen molar-refractivity contribution in [2.75, 3.05) is 57.8 Å². The van der Waals surface area contributed by atoms with Gasteiger partial charge in [0, 0.05) is 45.0 Å². The van der Waals surface area contributed by atoms with Crippen LogP contribution in [0.2, 0.25) is 0 Å².